The normalized spacial score (nSPS) is 13.8. The van der Waals surface area contributed by atoms with Crippen molar-refractivity contribution in [3.8, 4) is 5.69 Å². The summed E-state index contributed by atoms with van der Waals surface area (Å²) in [5.74, 6) is -0.760. The van der Waals surface area contributed by atoms with E-state index in [1.807, 2.05) is 19.1 Å². The lowest BCUT2D eigenvalue weighted by Crippen LogP contribution is -2.30. The maximum Gasteiger partial charge on any atom is 0.348 e. The Hall–Kier alpha value is -2.38. The summed E-state index contributed by atoms with van der Waals surface area (Å²) >= 11 is 7.23. The number of rotatable bonds is 5. The highest BCUT2D eigenvalue weighted by atomic mass is 35.5. The smallest absolute Gasteiger partial charge is 0.348 e. The van der Waals surface area contributed by atoms with Gasteiger partial charge in [0.15, 0.2) is 6.61 Å². The maximum absolute atomic E-state index is 12.3. The zero-order valence-corrected chi connectivity index (χ0v) is 15.6. The molecule has 3 aromatic rings. The van der Waals surface area contributed by atoms with Crippen molar-refractivity contribution in [3.63, 3.8) is 0 Å². The Labute approximate surface area is 158 Å². The van der Waals surface area contributed by atoms with Gasteiger partial charge >= 0.3 is 5.97 Å². The molecule has 1 saturated carbocycles. The van der Waals surface area contributed by atoms with E-state index >= 15 is 0 Å². The number of carbonyl (C=O) groups is 2. The molecule has 1 aromatic carbocycles. The molecule has 0 saturated heterocycles. The number of nitrogens with zero attached hydrogens (tertiary/aromatic N) is 2. The van der Waals surface area contributed by atoms with Gasteiger partial charge in [-0.25, -0.2) is 9.48 Å². The fourth-order valence-corrected chi connectivity index (χ4v) is 3.81. The van der Waals surface area contributed by atoms with E-state index in [4.69, 9.17) is 16.3 Å². The van der Waals surface area contributed by atoms with Crippen molar-refractivity contribution < 1.29 is 14.3 Å². The summed E-state index contributed by atoms with van der Waals surface area (Å²) in [5, 5.41) is 8.86. The first-order chi connectivity index (χ1) is 12.5. The zero-order chi connectivity index (χ0) is 18.3. The molecule has 0 radical (unpaired) electrons. The molecule has 1 amide bonds. The van der Waals surface area contributed by atoms with Crippen LogP contribution in [-0.4, -0.2) is 34.3 Å². The molecule has 134 valence electrons. The molecule has 8 heteroatoms. The molecule has 6 nitrogen and oxygen atoms in total. The van der Waals surface area contributed by atoms with Gasteiger partial charge in [0.25, 0.3) is 5.91 Å². The number of aromatic nitrogens is 2. The maximum atomic E-state index is 12.3. The summed E-state index contributed by atoms with van der Waals surface area (Å²) in [6.07, 6.45) is 1.99. The van der Waals surface area contributed by atoms with Crippen LogP contribution in [0.5, 0.6) is 0 Å². The van der Waals surface area contributed by atoms with Crippen LogP contribution in [0.2, 0.25) is 5.02 Å². The SMILES string of the molecule is Cc1nn(-c2ccc(Cl)cc2)c2sc(C(=O)OCC(=O)NC3CC3)cc12. The Morgan fingerprint density at radius 3 is 2.77 bits per heavy atom. The highest BCUT2D eigenvalue weighted by Crippen LogP contribution is 2.31. The molecule has 0 aliphatic heterocycles. The molecular formula is C18H16ClN3O3S. The first-order valence-electron chi connectivity index (χ1n) is 8.23. The summed E-state index contributed by atoms with van der Waals surface area (Å²) in [6.45, 7) is 1.63. The number of halogens is 1. The second-order valence-corrected chi connectivity index (χ2v) is 7.69. The van der Waals surface area contributed by atoms with Gasteiger partial charge in [0.2, 0.25) is 0 Å². The van der Waals surface area contributed by atoms with Crippen LogP contribution in [0.1, 0.15) is 28.2 Å². The van der Waals surface area contributed by atoms with Crippen molar-refractivity contribution in [2.45, 2.75) is 25.8 Å². The third-order valence-corrected chi connectivity index (χ3v) is 5.44. The fourth-order valence-electron chi connectivity index (χ4n) is 2.60. The summed E-state index contributed by atoms with van der Waals surface area (Å²) in [6, 6.07) is 9.33. The van der Waals surface area contributed by atoms with E-state index in [0.29, 0.717) is 9.90 Å². The van der Waals surface area contributed by atoms with Crippen LogP contribution in [-0.2, 0) is 9.53 Å². The zero-order valence-electron chi connectivity index (χ0n) is 14.0. The summed E-state index contributed by atoms with van der Waals surface area (Å²) in [4.78, 5) is 25.2. The molecule has 2 aromatic heterocycles. The van der Waals surface area contributed by atoms with E-state index < -0.39 is 5.97 Å². The molecule has 0 spiro atoms. The minimum absolute atomic E-state index is 0.249. The summed E-state index contributed by atoms with van der Waals surface area (Å²) < 4.78 is 6.91. The Bertz CT molecular complexity index is 989. The average Bonchev–Trinajstić information content (AvgIpc) is 3.23. The van der Waals surface area contributed by atoms with E-state index in [0.717, 1.165) is 34.4 Å². The van der Waals surface area contributed by atoms with Gasteiger partial charge in [-0.2, -0.15) is 5.10 Å². The molecule has 0 unspecified atom stereocenters. The van der Waals surface area contributed by atoms with Crippen molar-refractivity contribution in [2.75, 3.05) is 6.61 Å². The second kappa shape index (κ2) is 6.74. The van der Waals surface area contributed by atoms with Crippen molar-refractivity contribution in [3.05, 3.63) is 45.9 Å². The van der Waals surface area contributed by atoms with Crippen LogP contribution >= 0.6 is 22.9 Å². The topological polar surface area (TPSA) is 73.2 Å². The molecule has 4 rings (SSSR count). The van der Waals surface area contributed by atoms with Crippen molar-refractivity contribution >= 4 is 45.0 Å². The third-order valence-electron chi connectivity index (χ3n) is 4.09. The molecule has 26 heavy (non-hydrogen) atoms. The molecular weight excluding hydrogens is 374 g/mol. The number of aryl methyl sites for hydroxylation is 1. The lowest BCUT2D eigenvalue weighted by Gasteiger charge is -2.04. The third kappa shape index (κ3) is 3.45. The van der Waals surface area contributed by atoms with Crippen LogP contribution in [0.25, 0.3) is 15.9 Å². The number of esters is 1. The number of hydrogen-bond acceptors (Lipinski definition) is 5. The van der Waals surface area contributed by atoms with Crippen LogP contribution in [0.4, 0.5) is 0 Å². The molecule has 0 bridgehead atoms. The number of carbonyl (C=O) groups excluding carboxylic acids is 2. The highest BCUT2D eigenvalue weighted by Gasteiger charge is 2.24. The first-order valence-corrected chi connectivity index (χ1v) is 9.42. The van der Waals surface area contributed by atoms with Crippen molar-refractivity contribution in [2.24, 2.45) is 0 Å². The highest BCUT2D eigenvalue weighted by molar-refractivity contribution is 7.20. The van der Waals surface area contributed by atoms with E-state index in [1.54, 1.807) is 22.9 Å². The van der Waals surface area contributed by atoms with Gasteiger partial charge in [-0.1, -0.05) is 11.6 Å². The van der Waals surface area contributed by atoms with Gasteiger partial charge in [-0.3, -0.25) is 4.79 Å². The van der Waals surface area contributed by atoms with Gasteiger partial charge in [-0.05, 0) is 50.1 Å². The van der Waals surface area contributed by atoms with Crippen LogP contribution in [0, 0.1) is 6.92 Å². The number of nitrogens with one attached hydrogen (secondary N) is 1. The predicted octanol–water partition coefficient (Wildman–Crippen LogP) is 3.48. The number of benzene rings is 1. The number of amides is 1. The molecule has 1 aliphatic rings. The lowest BCUT2D eigenvalue weighted by atomic mass is 10.3. The molecule has 1 fully saturated rings. The number of ether oxygens (including phenoxy) is 1. The Morgan fingerprint density at radius 1 is 1.35 bits per heavy atom. The monoisotopic (exact) mass is 389 g/mol. The fraction of sp³-hybridized carbons (Fsp3) is 0.278. The van der Waals surface area contributed by atoms with Crippen LogP contribution < -0.4 is 5.32 Å². The van der Waals surface area contributed by atoms with Gasteiger partial charge in [0.05, 0.1) is 11.4 Å². The molecule has 0 atom stereocenters. The van der Waals surface area contributed by atoms with E-state index in [-0.39, 0.29) is 18.6 Å². The molecule has 1 N–H and O–H groups in total. The first kappa shape index (κ1) is 17.1. The van der Waals surface area contributed by atoms with Crippen LogP contribution in [0.15, 0.2) is 30.3 Å². The number of thiophene rings is 1. The minimum Gasteiger partial charge on any atom is -0.451 e. The van der Waals surface area contributed by atoms with Crippen LogP contribution in [0.3, 0.4) is 0 Å². The standard InChI is InChI=1S/C18H16ClN3O3S/c1-10-14-8-15(18(24)25-9-16(23)20-12-4-5-12)26-17(14)22(21-10)13-6-2-11(19)3-7-13/h2-3,6-8,12H,4-5,9H2,1H3,(H,20,23). The van der Waals surface area contributed by atoms with Gasteiger partial charge in [-0.15, -0.1) is 11.3 Å². The predicted molar refractivity (Wildman–Crippen MR) is 100 cm³/mol. The molecule has 1 aliphatic carbocycles. The quantitative estimate of drug-likeness (QED) is 0.678. The summed E-state index contributed by atoms with van der Waals surface area (Å²) in [7, 11) is 0. The Morgan fingerprint density at radius 2 is 2.08 bits per heavy atom. The van der Waals surface area contributed by atoms with Crippen molar-refractivity contribution in [1.29, 1.82) is 0 Å². The second-order valence-electron chi connectivity index (χ2n) is 6.22. The Balaban J connectivity index is 1.55. The molecule has 2 heterocycles. The Kier molecular flexibility index (Phi) is 4.42. The summed E-state index contributed by atoms with van der Waals surface area (Å²) in [5.41, 5.74) is 1.68. The van der Waals surface area contributed by atoms with E-state index in [2.05, 4.69) is 10.4 Å². The van der Waals surface area contributed by atoms with Crippen molar-refractivity contribution in [1.82, 2.24) is 15.1 Å². The van der Waals surface area contributed by atoms with Gasteiger partial charge < -0.3 is 10.1 Å². The average molecular weight is 390 g/mol. The number of hydrogen-bond donors (Lipinski definition) is 1. The van der Waals surface area contributed by atoms with E-state index in [1.165, 1.54) is 11.3 Å². The largest absolute Gasteiger partial charge is 0.451 e. The van der Waals surface area contributed by atoms with Gasteiger partial charge in [0, 0.05) is 16.5 Å². The lowest BCUT2D eigenvalue weighted by molar-refractivity contribution is -0.124. The minimum atomic E-state index is -0.501. The number of fused-ring (bicyclic) bond motifs is 1. The van der Waals surface area contributed by atoms with Gasteiger partial charge in [0.1, 0.15) is 9.71 Å². The van der Waals surface area contributed by atoms with E-state index in [9.17, 15) is 9.59 Å².